The summed E-state index contributed by atoms with van der Waals surface area (Å²) in [5.41, 5.74) is 4.14. The summed E-state index contributed by atoms with van der Waals surface area (Å²) >= 11 is 0. The number of likely N-dealkylation sites (tertiary alicyclic amines) is 1. The Labute approximate surface area is 192 Å². The lowest BCUT2D eigenvalue weighted by atomic mass is 9.91. The van der Waals surface area contributed by atoms with Crippen LogP contribution in [0.15, 0.2) is 54.1 Å². The third-order valence-corrected chi connectivity index (χ3v) is 6.94. The van der Waals surface area contributed by atoms with Crippen molar-refractivity contribution in [1.82, 2.24) is 4.90 Å². The lowest BCUT2D eigenvalue weighted by Crippen LogP contribution is -2.33. The van der Waals surface area contributed by atoms with Crippen molar-refractivity contribution in [3.63, 3.8) is 0 Å². The molecular formula is C28H35NO3. The van der Waals surface area contributed by atoms with Crippen LogP contribution >= 0.6 is 0 Å². The number of benzene rings is 2. The number of ether oxygens (including phenoxy) is 2. The summed E-state index contributed by atoms with van der Waals surface area (Å²) in [6, 6.07) is 14.5. The second-order valence-corrected chi connectivity index (χ2v) is 9.09. The van der Waals surface area contributed by atoms with Crippen LogP contribution in [0.25, 0.3) is 0 Å². The maximum atomic E-state index is 12.8. The molecule has 2 aromatic rings. The molecule has 1 heterocycles. The first-order valence-corrected chi connectivity index (χ1v) is 11.9. The summed E-state index contributed by atoms with van der Waals surface area (Å²) in [4.78, 5) is 15.4. The number of carbonyl (C=O) groups is 1. The van der Waals surface area contributed by atoms with Gasteiger partial charge < -0.3 is 9.47 Å². The minimum absolute atomic E-state index is 0.145. The average molecular weight is 434 g/mol. The van der Waals surface area contributed by atoms with Gasteiger partial charge >= 0.3 is 0 Å². The zero-order valence-corrected chi connectivity index (χ0v) is 19.4. The number of methoxy groups -OCH3 is 2. The Kier molecular flexibility index (Phi) is 7.64. The summed E-state index contributed by atoms with van der Waals surface area (Å²) in [5, 5.41) is 0. The molecular weight excluding hydrogens is 398 g/mol. The second kappa shape index (κ2) is 10.8. The van der Waals surface area contributed by atoms with E-state index in [-0.39, 0.29) is 5.78 Å². The number of ketones is 1. The molecule has 1 aliphatic carbocycles. The van der Waals surface area contributed by atoms with Crippen molar-refractivity contribution in [2.45, 2.75) is 51.5 Å². The van der Waals surface area contributed by atoms with Gasteiger partial charge in [-0.05, 0) is 68.0 Å². The number of piperidine rings is 1. The molecule has 0 unspecified atom stereocenters. The van der Waals surface area contributed by atoms with Gasteiger partial charge in [0.05, 0.1) is 14.2 Å². The molecule has 1 fully saturated rings. The first-order chi connectivity index (χ1) is 15.7. The van der Waals surface area contributed by atoms with E-state index >= 15 is 0 Å². The summed E-state index contributed by atoms with van der Waals surface area (Å²) in [5.74, 6) is 2.31. The fraction of sp³-hybridized carbons (Fsp3) is 0.464. The molecule has 1 saturated heterocycles. The van der Waals surface area contributed by atoms with E-state index in [0.717, 1.165) is 42.0 Å². The highest BCUT2D eigenvalue weighted by molar-refractivity contribution is 6.13. The fourth-order valence-electron chi connectivity index (χ4n) is 5.03. The van der Waals surface area contributed by atoms with E-state index in [2.05, 4.69) is 41.3 Å². The normalized spacial score (nSPS) is 18.2. The number of hydrogen-bond acceptors (Lipinski definition) is 4. The first-order valence-electron chi connectivity index (χ1n) is 11.9. The summed E-state index contributed by atoms with van der Waals surface area (Å²) in [7, 11) is 3.23. The van der Waals surface area contributed by atoms with Crippen molar-refractivity contribution in [2.24, 2.45) is 5.92 Å². The SMILES string of the molecule is COc1cc2c(cc1OC)C(=O)/C(=C/CCCCC1CCN(Cc3ccccc3)CC1)C2. The molecule has 2 aliphatic rings. The third-order valence-electron chi connectivity index (χ3n) is 6.94. The molecule has 4 rings (SSSR count). The fourth-order valence-corrected chi connectivity index (χ4v) is 5.03. The van der Waals surface area contributed by atoms with Crippen LogP contribution in [0, 0.1) is 5.92 Å². The van der Waals surface area contributed by atoms with Crippen LogP contribution < -0.4 is 9.47 Å². The van der Waals surface area contributed by atoms with Crippen molar-refractivity contribution in [2.75, 3.05) is 27.3 Å². The monoisotopic (exact) mass is 433 g/mol. The van der Waals surface area contributed by atoms with Crippen LogP contribution in [0.2, 0.25) is 0 Å². The smallest absolute Gasteiger partial charge is 0.189 e. The van der Waals surface area contributed by atoms with Crippen LogP contribution in [0.1, 0.15) is 60.0 Å². The van der Waals surface area contributed by atoms with E-state index in [4.69, 9.17) is 9.47 Å². The number of rotatable bonds is 9. The number of carbonyl (C=O) groups excluding carboxylic acids is 1. The van der Waals surface area contributed by atoms with Gasteiger partial charge in [-0.1, -0.05) is 49.2 Å². The van der Waals surface area contributed by atoms with Gasteiger partial charge in [0.1, 0.15) is 0 Å². The molecule has 0 radical (unpaired) electrons. The minimum Gasteiger partial charge on any atom is -0.493 e. The van der Waals surface area contributed by atoms with Gasteiger partial charge in [0.15, 0.2) is 17.3 Å². The summed E-state index contributed by atoms with van der Waals surface area (Å²) in [6.07, 6.45) is 10.2. The maximum Gasteiger partial charge on any atom is 0.189 e. The van der Waals surface area contributed by atoms with Crippen molar-refractivity contribution in [1.29, 1.82) is 0 Å². The maximum absolute atomic E-state index is 12.8. The molecule has 32 heavy (non-hydrogen) atoms. The van der Waals surface area contributed by atoms with Crippen LogP contribution in [-0.2, 0) is 13.0 Å². The minimum atomic E-state index is 0.145. The highest BCUT2D eigenvalue weighted by Crippen LogP contribution is 2.36. The van der Waals surface area contributed by atoms with Crippen LogP contribution in [0.4, 0.5) is 0 Å². The largest absolute Gasteiger partial charge is 0.493 e. The quantitative estimate of drug-likeness (QED) is 0.368. The summed E-state index contributed by atoms with van der Waals surface area (Å²) in [6.45, 7) is 3.50. The van der Waals surface area contributed by atoms with E-state index in [1.807, 2.05) is 12.1 Å². The van der Waals surface area contributed by atoms with Crippen molar-refractivity contribution >= 4 is 5.78 Å². The molecule has 0 aromatic heterocycles. The Morgan fingerprint density at radius 1 is 1.00 bits per heavy atom. The van der Waals surface area contributed by atoms with Gasteiger partial charge in [-0.15, -0.1) is 0 Å². The molecule has 4 nitrogen and oxygen atoms in total. The topological polar surface area (TPSA) is 38.8 Å². The molecule has 170 valence electrons. The van der Waals surface area contributed by atoms with Gasteiger partial charge in [0.2, 0.25) is 0 Å². The van der Waals surface area contributed by atoms with E-state index in [0.29, 0.717) is 17.9 Å². The lowest BCUT2D eigenvalue weighted by molar-refractivity contribution is 0.103. The predicted octanol–water partition coefficient (Wildman–Crippen LogP) is 5.84. The van der Waals surface area contributed by atoms with Gasteiger partial charge in [-0.25, -0.2) is 0 Å². The number of unbranched alkanes of at least 4 members (excludes halogenated alkanes) is 2. The van der Waals surface area contributed by atoms with Gasteiger partial charge in [0.25, 0.3) is 0 Å². The molecule has 2 aromatic carbocycles. The third kappa shape index (κ3) is 5.42. The Bertz CT molecular complexity index is 943. The zero-order valence-electron chi connectivity index (χ0n) is 19.4. The van der Waals surface area contributed by atoms with E-state index in [1.54, 1.807) is 14.2 Å². The van der Waals surface area contributed by atoms with Crippen molar-refractivity contribution in [3.05, 3.63) is 70.8 Å². The lowest BCUT2D eigenvalue weighted by Gasteiger charge is -2.32. The molecule has 0 bridgehead atoms. The van der Waals surface area contributed by atoms with Crippen molar-refractivity contribution in [3.8, 4) is 11.5 Å². The number of nitrogens with zero attached hydrogens (tertiary/aromatic N) is 1. The van der Waals surface area contributed by atoms with Gasteiger partial charge in [-0.2, -0.15) is 0 Å². The van der Waals surface area contributed by atoms with Crippen LogP contribution in [-0.4, -0.2) is 38.0 Å². The highest BCUT2D eigenvalue weighted by Gasteiger charge is 2.27. The molecule has 0 saturated carbocycles. The van der Waals surface area contributed by atoms with Crippen LogP contribution in [0.3, 0.4) is 0 Å². The first kappa shape index (κ1) is 22.6. The van der Waals surface area contributed by atoms with E-state index in [1.165, 1.54) is 44.3 Å². The highest BCUT2D eigenvalue weighted by atomic mass is 16.5. The van der Waals surface area contributed by atoms with Gasteiger partial charge in [0, 0.05) is 24.1 Å². The molecule has 0 atom stereocenters. The standard InChI is InChI=1S/C28H35NO3/c1-31-26-18-24-17-23(28(30)25(24)19-27(26)32-2)12-8-4-5-9-21-13-15-29(16-14-21)20-22-10-6-3-7-11-22/h3,6-7,10-12,18-19,21H,4-5,8-9,13-17,20H2,1-2H3/b23-12+. The molecule has 0 amide bonds. The number of allylic oxidation sites excluding steroid dienone is 2. The summed E-state index contributed by atoms with van der Waals surface area (Å²) < 4.78 is 10.7. The van der Waals surface area contributed by atoms with Crippen molar-refractivity contribution < 1.29 is 14.3 Å². The number of fused-ring (bicyclic) bond motifs is 1. The Morgan fingerprint density at radius 2 is 1.72 bits per heavy atom. The Hall–Kier alpha value is -2.59. The predicted molar refractivity (Wildman–Crippen MR) is 129 cm³/mol. The molecule has 4 heteroatoms. The average Bonchev–Trinajstić information content (AvgIpc) is 3.14. The Morgan fingerprint density at radius 3 is 2.44 bits per heavy atom. The molecule has 0 spiro atoms. The number of hydrogen-bond donors (Lipinski definition) is 0. The van der Waals surface area contributed by atoms with E-state index < -0.39 is 0 Å². The zero-order chi connectivity index (χ0) is 22.3. The Balaban J connectivity index is 1.18. The van der Waals surface area contributed by atoms with Crippen LogP contribution in [0.5, 0.6) is 11.5 Å². The van der Waals surface area contributed by atoms with Gasteiger partial charge in [-0.3, -0.25) is 9.69 Å². The molecule has 1 aliphatic heterocycles. The second-order valence-electron chi connectivity index (χ2n) is 9.09. The number of Topliss-reactive ketones (excluding diaryl/α,β-unsaturated/α-hetero) is 1. The molecule has 0 N–H and O–H groups in total. The van der Waals surface area contributed by atoms with E-state index in [9.17, 15) is 4.79 Å².